The number of likely N-dealkylation sites (N-methyl/N-ethyl adjacent to an activating group) is 1. The minimum atomic E-state index is -2.29. The van der Waals surface area contributed by atoms with E-state index in [1.165, 1.54) is 14.0 Å². The van der Waals surface area contributed by atoms with Crippen LogP contribution >= 0.6 is 48.8 Å². The van der Waals surface area contributed by atoms with Gasteiger partial charge < -0.3 is 189 Å². The van der Waals surface area contributed by atoms with Gasteiger partial charge in [0, 0.05) is 66.9 Å². The lowest BCUT2D eigenvalue weighted by molar-refractivity contribution is -0.395. The van der Waals surface area contributed by atoms with Crippen LogP contribution in [0.2, 0.25) is 0 Å². The third-order valence-electron chi connectivity index (χ3n) is 19.4. The van der Waals surface area contributed by atoms with Crippen molar-refractivity contribution in [1.82, 2.24) is 16.0 Å². The van der Waals surface area contributed by atoms with Crippen LogP contribution in [0.25, 0.3) is 0 Å². The third-order valence-corrected chi connectivity index (χ3v) is 22.2. The van der Waals surface area contributed by atoms with Gasteiger partial charge in [0.05, 0.1) is 83.6 Å². The van der Waals surface area contributed by atoms with Gasteiger partial charge in [-0.1, -0.05) is 0 Å². The fourth-order valence-electron chi connectivity index (χ4n) is 13.3. The van der Waals surface area contributed by atoms with E-state index in [-0.39, 0.29) is 93.3 Å². The maximum Gasteiger partial charge on any atom is 0.238 e. The van der Waals surface area contributed by atoms with Crippen LogP contribution in [-0.2, 0) is 95.0 Å². The Morgan fingerprint density at radius 3 is 0.908 bits per heavy atom. The summed E-state index contributed by atoms with van der Waals surface area (Å²) in [6.07, 6.45) is -72.0. The minimum absolute atomic E-state index is 0.0103. The number of thiol groups is 2. The zero-order valence-corrected chi connectivity index (χ0v) is 62.8. The average Bonchev–Trinajstić information content (AvgIpc) is 0.804. The summed E-state index contributed by atoms with van der Waals surface area (Å²) < 4.78 is 94.6. The molecule has 0 aliphatic carbocycles. The highest BCUT2D eigenvalue weighted by Crippen LogP contribution is 2.40. The van der Waals surface area contributed by atoms with E-state index >= 15 is 0 Å². The molecule has 0 aromatic heterocycles. The zero-order valence-electron chi connectivity index (χ0n) is 59.4. The lowest BCUT2D eigenvalue weighted by Gasteiger charge is -2.50. The Morgan fingerprint density at radius 2 is 0.633 bits per heavy atom. The summed E-state index contributed by atoms with van der Waals surface area (Å²) in [7, 11) is 1.50. The van der Waals surface area contributed by atoms with E-state index in [1.54, 1.807) is 0 Å². The Morgan fingerprint density at radius 1 is 0.367 bits per heavy atom. The summed E-state index contributed by atoms with van der Waals surface area (Å²) >= 11 is 10.2. The topological polar surface area (TPSA) is 636 Å². The second-order valence-corrected chi connectivity index (χ2v) is 30.1. The lowest BCUT2D eigenvalue weighted by atomic mass is 9.95. The predicted octanol–water partition coefficient (Wildman–Crippen LogP) is -13.1. The van der Waals surface area contributed by atoms with Crippen molar-refractivity contribution in [2.45, 2.75) is 247 Å². The van der Waals surface area contributed by atoms with Crippen molar-refractivity contribution in [3.63, 3.8) is 0 Å². The van der Waals surface area contributed by atoms with Crippen LogP contribution in [0.5, 0.6) is 0 Å². The number of hydrogen-bond acceptors (Lipinski definition) is 44. The van der Waals surface area contributed by atoms with Crippen molar-refractivity contribution in [3.8, 4) is 0 Å². The van der Waals surface area contributed by atoms with Crippen molar-refractivity contribution in [3.05, 3.63) is 0 Å². The molecule has 21 fully saturated rings. The molecular weight excluding hydrogens is 1550 g/mol. The smallest absolute Gasteiger partial charge is 0.238 e. The van der Waals surface area contributed by atoms with Crippen LogP contribution in [0.15, 0.2) is 0 Å². The van der Waals surface area contributed by atoms with Crippen LogP contribution in [0.3, 0.4) is 0 Å². The Labute approximate surface area is 644 Å². The molecule has 15 unspecified atom stereocenters. The highest BCUT2D eigenvalue weighted by molar-refractivity contribution is 7.99. The number of thioether (sulfide) groups is 2. The van der Waals surface area contributed by atoms with Gasteiger partial charge in [-0.25, -0.2) is 0 Å². The number of ketones is 2. The van der Waals surface area contributed by atoms with Crippen molar-refractivity contribution in [2.75, 3.05) is 114 Å². The first kappa shape index (κ1) is 92.7. The Balaban J connectivity index is 1.09. The quantitative estimate of drug-likeness (QED) is 0.0226. The number of Topliss-reactive ketones (excluding diaryl/α,β-unsaturated/α-hetero) is 2. The molecule has 37 atom stereocenters. The molecule has 109 heavy (non-hydrogen) atoms. The molecule has 14 bridgehead atoms. The molecule has 0 aromatic carbocycles. The maximum atomic E-state index is 13.7. The fourth-order valence-corrected chi connectivity index (χ4v) is 15.9. The van der Waals surface area contributed by atoms with Gasteiger partial charge in [-0.2, -0.15) is 48.8 Å². The molecule has 21 aliphatic rings. The van der Waals surface area contributed by atoms with Crippen LogP contribution in [-0.4, -0.2) is 456 Å². The van der Waals surface area contributed by atoms with E-state index in [0.29, 0.717) is 5.75 Å². The molecule has 21 rings (SSSR count). The van der Waals surface area contributed by atoms with Gasteiger partial charge >= 0.3 is 0 Å². The Kier molecular flexibility index (Phi) is 38.0. The molecule has 0 radical (unpaired) electrons. The summed E-state index contributed by atoms with van der Waals surface area (Å²) in [6, 6.07) is -0.860. The Bertz CT molecular complexity index is 2740. The third kappa shape index (κ3) is 23.6. The second-order valence-electron chi connectivity index (χ2n) is 27.1. The molecule has 46 heteroatoms. The molecule has 22 N–H and O–H groups in total. The molecule has 21 saturated heterocycles. The van der Waals surface area contributed by atoms with Crippen LogP contribution in [0.4, 0.5) is 0 Å². The lowest BCUT2D eigenvalue weighted by Crippen LogP contribution is -2.68. The number of carbonyl (C=O) groups excluding carboxylic acids is 4. The molecule has 0 spiro atoms. The number of nitrogens with one attached hydrogen (secondary N) is 3. The van der Waals surface area contributed by atoms with E-state index < -0.39 is 278 Å². The Hall–Kier alpha value is -1.76. The van der Waals surface area contributed by atoms with Crippen molar-refractivity contribution in [2.24, 2.45) is 5.92 Å². The molecule has 42 nitrogen and oxygen atoms in total. The normalized spacial score (nSPS) is 43.0. The van der Waals surface area contributed by atoms with Crippen molar-refractivity contribution in [1.29, 1.82) is 0 Å². The highest BCUT2D eigenvalue weighted by atomic mass is 32.2. The molecule has 21 heterocycles. The highest BCUT2D eigenvalue weighted by Gasteiger charge is 2.60. The number of carbonyl (C=O) groups is 4. The monoisotopic (exact) mass is 1660 g/mol. The molecule has 0 aromatic rings. The number of aliphatic hydroxyl groups excluding tert-OH is 19. The van der Waals surface area contributed by atoms with Gasteiger partial charge in [0.1, 0.15) is 170 Å². The first-order chi connectivity index (χ1) is 52.1. The van der Waals surface area contributed by atoms with Gasteiger partial charge in [0.2, 0.25) is 11.8 Å². The maximum absolute atomic E-state index is 13.7. The molecule has 21 aliphatic heterocycles. The number of hydrogen-bond donors (Lipinski definition) is 24. The average molecular weight is 1660 g/mol. The number of ether oxygens (including phenoxy) is 16. The predicted molar refractivity (Wildman–Crippen MR) is 370 cm³/mol. The van der Waals surface area contributed by atoms with E-state index in [2.05, 4.69) is 41.2 Å². The van der Waals surface area contributed by atoms with Gasteiger partial charge in [-0.15, -0.1) is 0 Å². The summed E-state index contributed by atoms with van der Waals surface area (Å²) in [5.74, 6) is -2.89. The molecule has 2 amide bonds. The van der Waals surface area contributed by atoms with E-state index in [0.717, 1.165) is 23.5 Å². The molecule has 632 valence electrons. The first-order valence-electron chi connectivity index (χ1n) is 35.6. The standard InChI is InChI=1S/C63H107N3O39S4/c1-23(72)3-7-90-9-10-91-8-4-25(73)13-24(55(88)65-5-11-106)19-108-21-32-53-39(79)46(86)62(97-32)102-51-30(17-70)93-59(42(82)35(51)75)101-50-29(16-69)96-61(45(85)38(50)78)105-54-33(22-109-20-26(64-2)56(89)66-6-12-107)98-63(47(87)40(54)80)103-52-31(18-71)94-58(43(83)36(52)76)99-48-27(14-67)92-57(41(81)34(48)74)100-49-28(15-68)95-60(104-53)44(84)37(49)77/h24,26-54,57-64,67-71,74-87,106-107H,3-22H2,1-2H3,(H,65,88)(H,66,89)/t24-,26?,27?,28?,29?,30?,31?,32?,33?,34-,35-,36-,37-,38-,39-,40-,41?,42?,43?,44?,45?,46?,47?,48-,49-,50-,51-,52-,53-,54-,57-,58-,59+,60-,61+,62-,63+/m1/s1. The van der Waals surface area contributed by atoms with Gasteiger partial charge in [-0.05, 0) is 14.0 Å². The zero-order chi connectivity index (χ0) is 79.7. The number of rotatable bonds is 31. The summed E-state index contributed by atoms with van der Waals surface area (Å²) in [4.78, 5) is 51.3. The number of aliphatic hydroxyl groups is 19. The fraction of sp³-hybridized carbons (Fsp3) is 0.937. The van der Waals surface area contributed by atoms with Crippen LogP contribution in [0, 0.1) is 5.92 Å². The molecular formula is C63H107N3O39S4. The van der Waals surface area contributed by atoms with Gasteiger partial charge in [0.25, 0.3) is 0 Å². The van der Waals surface area contributed by atoms with Crippen LogP contribution < -0.4 is 16.0 Å². The van der Waals surface area contributed by atoms with Gasteiger partial charge in [0.15, 0.2) is 44.0 Å². The van der Waals surface area contributed by atoms with E-state index in [9.17, 15) is 116 Å². The van der Waals surface area contributed by atoms with Gasteiger partial charge in [-0.3, -0.25) is 19.2 Å². The second kappa shape index (κ2) is 44.7. The first-order valence-corrected chi connectivity index (χ1v) is 39.2. The van der Waals surface area contributed by atoms with Crippen molar-refractivity contribution < 1.29 is 192 Å². The van der Waals surface area contributed by atoms with E-state index in [4.69, 9.17) is 75.8 Å². The summed E-state index contributed by atoms with van der Waals surface area (Å²) in [6.45, 7) is -3.37. The molecule has 0 saturated carbocycles. The van der Waals surface area contributed by atoms with Crippen LogP contribution in [0.1, 0.15) is 26.2 Å². The largest absolute Gasteiger partial charge is 0.394 e. The van der Waals surface area contributed by atoms with Crippen molar-refractivity contribution >= 4 is 72.2 Å². The van der Waals surface area contributed by atoms with E-state index in [1.807, 2.05) is 0 Å². The SMILES string of the molecule is CNC(CSCC1O[C@H]2O[C@@H]3C(CO)O[C@H](O[C@@H]4C(CO)O[C@H](O[C@@H]5C(CO)O[C@H](O[C@@H]6C(CSC[C@@H](CC(=O)CCOCCOCCC(C)=O)C(=O)NCCS)O[C@H](O[C@@H]7C(CO)O[C@@H](O[C@@H]8C(CO)O[C@@H](O[C@H]1[C@H](O)C2O)C(O)[C@H]8O)C(O)[C@H]7O)C(O)[C@H]6O)C(O)[C@H]5O)C(O)[C@H]4O)C(O)[C@H]3O)C(=O)NCCS. The number of amides is 2. The summed E-state index contributed by atoms with van der Waals surface area (Å²) in [5, 5.41) is 227. The summed E-state index contributed by atoms with van der Waals surface area (Å²) in [5.41, 5.74) is 0. The minimum Gasteiger partial charge on any atom is -0.394 e.